The molecule has 0 amide bonds. The van der Waals surface area contributed by atoms with Gasteiger partial charge in [0.05, 0.1) is 25.0 Å². The van der Waals surface area contributed by atoms with Gasteiger partial charge in [-0.05, 0) is 50.2 Å². The first kappa shape index (κ1) is 17.0. The fraction of sp³-hybridized carbons (Fsp3) is 0.529. The number of nitrogens with zero attached hydrogens (tertiary/aromatic N) is 1. The van der Waals surface area contributed by atoms with Crippen molar-refractivity contribution < 1.29 is 14.2 Å². The van der Waals surface area contributed by atoms with Crippen LogP contribution in [-0.4, -0.2) is 43.3 Å². The first-order valence-corrected chi connectivity index (χ1v) is 8.73. The Hall–Kier alpha value is -1.86. The van der Waals surface area contributed by atoms with Gasteiger partial charge in [-0.1, -0.05) is 0 Å². The Morgan fingerprint density at radius 1 is 1.21 bits per heavy atom. The van der Waals surface area contributed by atoms with Gasteiger partial charge in [0, 0.05) is 25.1 Å². The van der Waals surface area contributed by atoms with Crippen LogP contribution in [0.4, 0.5) is 0 Å². The summed E-state index contributed by atoms with van der Waals surface area (Å²) in [5.41, 5.74) is 4.67. The molecule has 3 rings (SSSR count). The molecule has 2 aliphatic heterocycles. The van der Waals surface area contributed by atoms with Crippen molar-refractivity contribution in [3.05, 3.63) is 23.8 Å². The molecule has 24 heavy (non-hydrogen) atoms. The molecule has 0 aliphatic carbocycles. The van der Waals surface area contributed by atoms with Crippen LogP contribution < -0.4 is 20.2 Å². The minimum absolute atomic E-state index is 0.247. The van der Waals surface area contributed by atoms with E-state index in [4.69, 9.17) is 26.4 Å². The van der Waals surface area contributed by atoms with Gasteiger partial charge >= 0.3 is 0 Å². The molecule has 6 nitrogen and oxygen atoms in total. The highest BCUT2D eigenvalue weighted by Gasteiger charge is 2.15. The lowest BCUT2D eigenvalue weighted by atomic mass is 10.1. The molecular formula is C17H23N3O3S. The quantitative estimate of drug-likeness (QED) is 0.494. The lowest BCUT2D eigenvalue weighted by Crippen LogP contribution is -2.37. The Bertz CT molecular complexity index is 615. The zero-order valence-corrected chi connectivity index (χ0v) is 14.7. The second-order valence-electron chi connectivity index (χ2n) is 5.87. The Morgan fingerprint density at radius 3 is 2.83 bits per heavy atom. The molecule has 130 valence electrons. The highest BCUT2D eigenvalue weighted by atomic mass is 32.1. The van der Waals surface area contributed by atoms with E-state index in [2.05, 4.69) is 15.8 Å². The van der Waals surface area contributed by atoms with Crippen LogP contribution in [-0.2, 0) is 4.74 Å². The molecule has 0 bridgehead atoms. The number of nitrogens with one attached hydrogen (secondary N) is 2. The minimum atomic E-state index is 0.247. The van der Waals surface area contributed by atoms with Gasteiger partial charge in [0.1, 0.15) is 0 Å². The summed E-state index contributed by atoms with van der Waals surface area (Å²) in [7, 11) is 0. The predicted octanol–water partition coefficient (Wildman–Crippen LogP) is 2.21. The van der Waals surface area contributed by atoms with E-state index in [0.717, 1.165) is 48.6 Å². The van der Waals surface area contributed by atoms with Gasteiger partial charge in [0.2, 0.25) is 0 Å². The molecule has 0 radical (unpaired) electrons. The van der Waals surface area contributed by atoms with Crippen molar-refractivity contribution in [2.75, 3.05) is 26.4 Å². The molecule has 2 aliphatic rings. The summed E-state index contributed by atoms with van der Waals surface area (Å²) in [6, 6.07) is 5.84. The number of benzene rings is 1. The van der Waals surface area contributed by atoms with E-state index in [0.29, 0.717) is 24.9 Å². The number of fused-ring (bicyclic) bond motifs is 1. The highest BCUT2D eigenvalue weighted by Crippen LogP contribution is 2.30. The highest BCUT2D eigenvalue weighted by molar-refractivity contribution is 7.80. The van der Waals surface area contributed by atoms with Gasteiger partial charge in [-0.3, -0.25) is 5.43 Å². The van der Waals surface area contributed by atoms with Crippen LogP contribution in [0.5, 0.6) is 11.5 Å². The van der Waals surface area contributed by atoms with E-state index < -0.39 is 0 Å². The topological polar surface area (TPSA) is 64.1 Å². The molecule has 0 unspecified atom stereocenters. The van der Waals surface area contributed by atoms with Gasteiger partial charge in [0.25, 0.3) is 0 Å². The molecule has 1 aromatic rings. The molecule has 2 N–H and O–H groups in total. The Kier molecular flexibility index (Phi) is 5.87. The predicted molar refractivity (Wildman–Crippen MR) is 97.0 cm³/mol. The number of ether oxygens (including phenoxy) is 3. The summed E-state index contributed by atoms with van der Waals surface area (Å²) in [6.45, 7) is 4.83. The standard InChI is InChI=1S/C17H23N3O3S/c1-12(19-20-17(24)18-11-14-4-2-7-21-14)13-5-6-15-16(10-13)23-9-3-8-22-15/h5-6,10,14H,2-4,7-9,11H2,1H3,(H2,18,20,24)/b19-12-/t14-/m1/s1. The first-order chi connectivity index (χ1) is 11.7. The van der Waals surface area contributed by atoms with Crippen LogP contribution in [0, 0.1) is 0 Å². The number of thiocarbonyl (C=S) groups is 1. The zero-order valence-electron chi connectivity index (χ0n) is 13.8. The summed E-state index contributed by atoms with van der Waals surface area (Å²) in [4.78, 5) is 0. The third kappa shape index (κ3) is 4.58. The van der Waals surface area contributed by atoms with Crippen molar-refractivity contribution in [3.8, 4) is 11.5 Å². The summed E-state index contributed by atoms with van der Waals surface area (Å²) >= 11 is 5.24. The largest absolute Gasteiger partial charge is 0.490 e. The van der Waals surface area contributed by atoms with E-state index in [1.165, 1.54) is 0 Å². The number of hydrazone groups is 1. The van der Waals surface area contributed by atoms with E-state index in [-0.39, 0.29) is 6.10 Å². The van der Waals surface area contributed by atoms with Crippen molar-refractivity contribution >= 4 is 23.0 Å². The molecule has 0 saturated carbocycles. The Balaban J connectivity index is 1.54. The van der Waals surface area contributed by atoms with Crippen LogP contribution in [0.3, 0.4) is 0 Å². The normalized spacial score (nSPS) is 20.4. The molecule has 1 fully saturated rings. The van der Waals surface area contributed by atoms with E-state index in [1.54, 1.807) is 0 Å². The van der Waals surface area contributed by atoms with Crippen LogP contribution in [0.15, 0.2) is 23.3 Å². The van der Waals surface area contributed by atoms with Gasteiger partial charge in [0.15, 0.2) is 16.6 Å². The fourth-order valence-corrected chi connectivity index (χ4v) is 2.77. The summed E-state index contributed by atoms with van der Waals surface area (Å²) in [5, 5.41) is 7.97. The third-order valence-electron chi connectivity index (χ3n) is 4.00. The summed E-state index contributed by atoms with van der Waals surface area (Å²) in [6.07, 6.45) is 3.34. The average Bonchev–Trinajstić information content (AvgIpc) is 3.01. The minimum Gasteiger partial charge on any atom is -0.490 e. The summed E-state index contributed by atoms with van der Waals surface area (Å²) < 4.78 is 16.9. The Labute approximate surface area is 147 Å². The molecule has 1 aromatic carbocycles. The fourth-order valence-electron chi connectivity index (χ4n) is 2.64. The van der Waals surface area contributed by atoms with Crippen LogP contribution >= 0.6 is 12.2 Å². The van der Waals surface area contributed by atoms with Gasteiger partial charge in [-0.15, -0.1) is 0 Å². The van der Waals surface area contributed by atoms with Crippen molar-refractivity contribution in [1.29, 1.82) is 0 Å². The lowest BCUT2D eigenvalue weighted by Gasteiger charge is -2.12. The van der Waals surface area contributed by atoms with Gasteiger partial charge in [-0.25, -0.2) is 0 Å². The molecule has 0 aromatic heterocycles. The second kappa shape index (κ2) is 8.30. The summed E-state index contributed by atoms with van der Waals surface area (Å²) in [5.74, 6) is 1.55. The molecule has 1 atom stereocenters. The molecule has 1 saturated heterocycles. The van der Waals surface area contributed by atoms with Crippen molar-refractivity contribution in [3.63, 3.8) is 0 Å². The van der Waals surface area contributed by atoms with Crippen molar-refractivity contribution in [2.24, 2.45) is 5.10 Å². The van der Waals surface area contributed by atoms with Crippen LogP contribution in [0.25, 0.3) is 0 Å². The zero-order chi connectivity index (χ0) is 16.8. The van der Waals surface area contributed by atoms with E-state index in [9.17, 15) is 0 Å². The number of rotatable bonds is 4. The SMILES string of the molecule is C/C(=N/NC(=S)NC[C@H]1CCCO1)c1ccc2c(c1)OCCCO2. The second-order valence-corrected chi connectivity index (χ2v) is 6.27. The van der Waals surface area contributed by atoms with Crippen molar-refractivity contribution in [2.45, 2.75) is 32.3 Å². The first-order valence-electron chi connectivity index (χ1n) is 8.32. The maximum Gasteiger partial charge on any atom is 0.187 e. The maximum absolute atomic E-state index is 5.71. The van der Waals surface area contributed by atoms with E-state index in [1.807, 2.05) is 25.1 Å². The Morgan fingerprint density at radius 2 is 2.04 bits per heavy atom. The monoisotopic (exact) mass is 349 g/mol. The van der Waals surface area contributed by atoms with E-state index >= 15 is 0 Å². The smallest absolute Gasteiger partial charge is 0.187 e. The molecule has 0 spiro atoms. The van der Waals surface area contributed by atoms with Crippen LogP contribution in [0.1, 0.15) is 31.7 Å². The molecular weight excluding hydrogens is 326 g/mol. The third-order valence-corrected chi connectivity index (χ3v) is 4.24. The van der Waals surface area contributed by atoms with Crippen LogP contribution in [0.2, 0.25) is 0 Å². The molecule has 2 heterocycles. The molecule has 7 heteroatoms. The maximum atomic E-state index is 5.71. The average molecular weight is 349 g/mol. The number of hydrogen-bond acceptors (Lipinski definition) is 5. The number of hydrogen-bond donors (Lipinski definition) is 2. The van der Waals surface area contributed by atoms with Crippen molar-refractivity contribution in [1.82, 2.24) is 10.7 Å². The lowest BCUT2D eigenvalue weighted by molar-refractivity contribution is 0.114. The van der Waals surface area contributed by atoms with Gasteiger partial charge in [-0.2, -0.15) is 5.10 Å². The van der Waals surface area contributed by atoms with Gasteiger partial charge < -0.3 is 19.5 Å².